The molecule has 0 bridgehead atoms. The Morgan fingerprint density at radius 3 is 2.71 bits per heavy atom. The van der Waals surface area contributed by atoms with E-state index in [-0.39, 0.29) is 11.3 Å². The minimum absolute atomic E-state index is 0.0716. The van der Waals surface area contributed by atoms with Crippen LogP contribution < -0.4 is 5.32 Å². The van der Waals surface area contributed by atoms with Gasteiger partial charge in [0.25, 0.3) is 0 Å². The molecule has 0 unspecified atom stereocenters. The molecule has 2 rings (SSSR count). The number of nitriles is 1. The maximum Gasteiger partial charge on any atom is 0.207 e. The summed E-state index contributed by atoms with van der Waals surface area (Å²) < 4.78 is 30.7. The van der Waals surface area contributed by atoms with Crippen LogP contribution in [0.5, 0.6) is 0 Å². The molecule has 17 heavy (non-hydrogen) atoms. The van der Waals surface area contributed by atoms with Gasteiger partial charge >= 0.3 is 0 Å². The minimum atomic E-state index is -1.17. The van der Waals surface area contributed by atoms with Crippen molar-refractivity contribution in [2.75, 3.05) is 5.32 Å². The standard InChI is InChI=1S/C10H6F2N4S/c1-5-14-10(17-16-5)15-7-3-2-6(4-13)8(11)9(7)12/h2-3H,1H3,(H,14,15,16). The fourth-order valence-electron chi connectivity index (χ4n) is 1.20. The summed E-state index contributed by atoms with van der Waals surface area (Å²) >= 11 is 1.04. The van der Waals surface area contributed by atoms with Crippen LogP contribution in [0.3, 0.4) is 0 Å². The Labute approximate surface area is 99.7 Å². The quantitative estimate of drug-likeness (QED) is 0.892. The van der Waals surface area contributed by atoms with Crippen LogP contribution in [0.2, 0.25) is 0 Å². The number of nitrogens with zero attached hydrogens (tertiary/aromatic N) is 3. The molecule has 1 heterocycles. The van der Waals surface area contributed by atoms with E-state index in [0.29, 0.717) is 11.0 Å². The van der Waals surface area contributed by atoms with Gasteiger partial charge in [0.15, 0.2) is 11.6 Å². The fourth-order valence-corrected chi connectivity index (χ4v) is 1.78. The van der Waals surface area contributed by atoms with Crippen molar-refractivity contribution in [3.8, 4) is 6.07 Å². The maximum atomic E-state index is 13.5. The molecular formula is C10H6F2N4S. The summed E-state index contributed by atoms with van der Waals surface area (Å²) in [6.45, 7) is 1.69. The number of benzene rings is 1. The molecule has 86 valence electrons. The number of anilines is 2. The van der Waals surface area contributed by atoms with Crippen LogP contribution in [0.4, 0.5) is 19.6 Å². The second-order valence-electron chi connectivity index (χ2n) is 3.17. The first-order valence-electron chi connectivity index (χ1n) is 4.57. The van der Waals surface area contributed by atoms with E-state index in [1.165, 1.54) is 12.1 Å². The Morgan fingerprint density at radius 2 is 2.12 bits per heavy atom. The van der Waals surface area contributed by atoms with Gasteiger partial charge in [-0.15, -0.1) is 0 Å². The van der Waals surface area contributed by atoms with Gasteiger partial charge in [-0.1, -0.05) is 0 Å². The lowest BCUT2D eigenvalue weighted by atomic mass is 10.2. The Hall–Kier alpha value is -2.07. The van der Waals surface area contributed by atoms with Gasteiger partial charge in [-0.05, 0) is 19.1 Å². The van der Waals surface area contributed by atoms with Crippen LogP contribution in [0, 0.1) is 29.9 Å². The van der Waals surface area contributed by atoms with E-state index in [4.69, 9.17) is 5.26 Å². The Bertz CT molecular complexity index is 603. The van der Waals surface area contributed by atoms with Crippen molar-refractivity contribution in [3.63, 3.8) is 0 Å². The van der Waals surface area contributed by atoms with Crippen molar-refractivity contribution >= 4 is 22.4 Å². The number of rotatable bonds is 2. The van der Waals surface area contributed by atoms with Gasteiger partial charge in [0.2, 0.25) is 5.13 Å². The first-order chi connectivity index (χ1) is 8.11. The molecule has 0 atom stereocenters. The number of aromatic nitrogens is 2. The highest BCUT2D eigenvalue weighted by Gasteiger charge is 2.14. The molecule has 0 radical (unpaired) electrons. The highest BCUT2D eigenvalue weighted by molar-refractivity contribution is 7.09. The molecule has 0 saturated heterocycles. The van der Waals surface area contributed by atoms with Gasteiger partial charge in [0.1, 0.15) is 11.9 Å². The fraction of sp³-hybridized carbons (Fsp3) is 0.100. The molecule has 0 spiro atoms. The van der Waals surface area contributed by atoms with Crippen LogP contribution >= 0.6 is 11.5 Å². The van der Waals surface area contributed by atoms with Crippen LogP contribution in [0.1, 0.15) is 11.4 Å². The van der Waals surface area contributed by atoms with Crippen LogP contribution in [-0.4, -0.2) is 9.36 Å². The molecule has 0 aliphatic rings. The van der Waals surface area contributed by atoms with E-state index in [1.54, 1.807) is 13.0 Å². The highest BCUT2D eigenvalue weighted by atomic mass is 32.1. The summed E-state index contributed by atoms with van der Waals surface area (Å²) in [5, 5.41) is 11.5. The lowest BCUT2D eigenvalue weighted by Crippen LogP contribution is -1.98. The Balaban J connectivity index is 2.35. The van der Waals surface area contributed by atoms with Crippen molar-refractivity contribution in [2.24, 2.45) is 0 Å². The average molecular weight is 252 g/mol. The molecule has 7 heteroatoms. The van der Waals surface area contributed by atoms with Gasteiger partial charge in [-0.3, -0.25) is 0 Å². The van der Waals surface area contributed by atoms with Crippen molar-refractivity contribution in [1.29, 1.82) is 5.26 Å². The third kappa shape index (κ3) is 2.21. The first kappa shape index (κ1) is 11.4. The number of halogens is 2. The molecule has 4 nitrogen and oxygen atoms in total. The zero-order valence-corrected chi connectivity index (χ0v) is 9.48. The van der Waals surface area contributed by atoms with Crippen molar-refractivity contribution in [1.82, 2.24) is 9.36 Å². The van der Waals surface area contributed by atoms with Crippen molar-refractivity contribution in [3.05, 3.63) is 35.2 Å². The van der Waals surface area contributed by atoms with Gasteiger partial charge in [-0.2, -0.15) is 9.64 Å². The molecule has 0 aliphatic heterocycles. The minimum Gasteiger partial charge on any atom is -0.328 e. The molecule has 0 amide bonds. The second-order valence-corrected chi connectivity index (χ2v) is 3.92. The predicted molar refractivity (Wildman–Crippen MR) is 59.0 cm³/mol. The normalized spacial score (nSPS) is 10.0. The van der Waals surface area contributed by atoms with Gasteiger partial charge < -0.3 is 5.32 Å². The van der Waals surface area contributed by atoms with Crippen molar-refractivity contribution in [2.45, 2.75) is 6.92 Å². The predicted octanol–water partition coefficient (Wildman–Crippen LogP) is 2.74. The van der Waals surface area contributed by atoms with Crippen LogP contribution in [0.15, 0.2) is 12.1 Å². The van der Waals surface area contributed by atoms with Crippen LogP contribution in [-0.2, 0) is 0 Å². The molecule has 1 aromatic heterocycles. The summed E-state index contributed by atoms with van der Waals surface area (Å²) in [6, 6.07) is 4.05. The number of hydrogen-bond acceptors (Lipinski definition) is 5. The zero-order chi connectivity index (χ0) is 12.4. The molecular weight excluding hydrogens is 246 g/mol. The lowest BCUT2D eigenvalue weighted by molar-refractivity contribution is 0.509. The van der Waals surface area contributed by atoms with E-state index in [0.717, 1.165) is 11.5 Å². The average Bonchev–Trinajstić information content (AvgIpc) is 2.71. The number of nitrogens with one attached hydrogen (secondary N) is 1. The molecule has 0 aliphatic carbocycles. The van der Waals surface area contributed by atoms with E-state index in [2.05, 4.69) is 14.7 Å². The number of aryl methyl sites for hydroxylation is 1. The van der Waals surface area contributed by atoms with Gasteiger partial charge in [0, 0.05) is 11.5 Å². The molecule has 0 saturated carbocycles. The lowest BCUT2D eigenvalue weighted by Gasteiger charge is -2.04. The topological polar surface area (TPSA) is 61.6 Å². The van der Waals surface area contributed by atoms with Crippen LogP contribution in [0.25, 0.3) is 0 Å². The SMILES string of the molecule is Cc1nsc(Nc2ccc(C#N)c(F)c2F)n1. The summed E-state index contributed by atoms with van der Waals surface area (Å²) in [4.78, 5) is 3.96. The third-order valence-electron chi connectivity index (χ3n) is 1.97. The number of hydrogen-bond donors (Lipinski definition) is 1. The zero-order valence-electron chi connectivity index (χ0n) is 8.66. The van der Waals surface area contributed by atoms with E-state index >= 15 is 0 Å². The van der Waals surface area contributed by atoms with Gasteiger partial charge in [-0.25, -0.2) is 13.8 Å². The highest BCUT2D eigenvalue weighted by Crippen LogP contribution is 2.24. The maximum absolute atomic E-state index is 13.5. The van der Waals surface area contributed by atoms with Crippen molar-refractivity contribution < 1.29 is 8.78 Å². The summed E-state index contributed by atoms with van der Waals surface area (Å²) in [6.07, 6.45) is 0. The summed E-state index contributed by atoms with van der Waals surface area (Å²) in [5.41, 5.74) is -0.404. The first-order valence-corrected chi connectivity index (χ1v) is 5.34. The molecule has 1 aromatic carbocycles. The van der Waals surface area contributed by atoms with E-state index < -0.39 is 11.6 Å². The molecule has 2 aromatic rings. The van der Waals surface area contributed by atoms with E-state index in [9.17, 15) is 8.78 Å². The third-order valence-corrected chi connectivity index (χ3v) is 2.69. The monoisotopic (exact) mass is 252 g/mol. The largest absolute Gasteiger partial charge is 0.328 e. The second kappa shape index (κ2) is 4.43. The Kier molecular flexibility index (Phi) is 2.97. The molecule has 0 fully saturated rings. The smallest absolute Gasteiger partial charge is 0.207 e. The summed E-state index contributed by atoms with van der Waals surface area (Å²) in [5.74, 6) is -1.72. The molecule has 1 N–H and O–H groups in total. The Morgan fingerprint density at radius 1 is 1.35 bits per heavy atom. The van der Waals surface area contributed by atoms with Gasteiger partial charge in [0.05, 0.1) is 11.3 Å². The van der Waals surface area contributed by atoms with E-state index in [1.807, 2.05) is 0 Å². The summed E-state index contributed by atoms with van der Waals surface area (Å²) in [7, 11) is 0.